The van der Waals surface area contributed by atoms with E-state index in [0.29, 0.717) is 17.0 Å². The molecule has 0 bridgehead atoms. The minimum atomic E-state index is -0.959. The van der Waals surface area contributed by atoms with Crippen molar-refractivity contribution in [3.63, 3.8) is 0 Å². The van der Waals surface area contributed by atoms with Gasteiger partial charge in [-0.15, -0.1) is 0 Å². The zero-order valence-corrected chi connectivity index (χ0v) is 22.1. The van der Waals surface area contributed by atoms with E-state index in [-0.39, 0.29) is 11.8 Å². The molecule has 0 aliphatic carbocycles. The Morgan fingerprint density at radius 3 is 2.08 bits per heavy atom. The molecule has 8 heteroatoms. The summed E-state index contributed by atoms with van der Waals surface area (Å²) in [4.78, 5) is 47.2. The van der Waals surface area contributed by atoms with E-state index in [1.165, 1.54) is 4.90 Å². The summed E-state index contributed by atoms with van der Waals surface area (Å²) in [7, 11) is 0. The summed E-state index contributed by atoms with van der Waals surface area (Å²) in [6.07, 6.45) is -0.959. The topological polar surface area (TPSA) is 76.2 Å². The lowest BCUT2D eigenvalue weighted by atomic mass is 9.90. The Labute approximate surface area is 232 Å². The molecule has 2 saturated heterocycles. The predicted molar refractivity (Wildman–Crippen MR) is 150 cm³/mol. The molecule has 0 saturated carbocycles. The normalized spacial score (nSPS) is 20.5. The van der Waals surface area contributed by atoms with Gasteiger partial charge in [-0.1, -0.05) is 60.7 Å². The molecule has 0 unspecified atom stereocenters. The average Bonchev–Trinajstić information content (AvgIpc) is 3.46. The summed E-state index contributed by atoms with van der Waals surface area (Å²) < 4.78 is 6.33. The first kappa shape index (κ1) is 24.3. The van der Waals surface area contributed by atoms with Crippen molar-refractivity contribution < 1.29 is 24.0 Å². The Morgan fingerprint density at radius 2 is 1.39 bits per heavy atom. The van der Waals surface area contributed by atoms with E-state index >= 15 is 0 Å². The first-order chi connectivity index (χ1) is 18.5. The van der Waals surface area contributed by atoms with Crippen molar-refractivity contribution in [3.05, 3.63) is 124 Å². The molecule has 0 radical (unpaired) electrons. The van der Waals surface area contributed by atoms with Gasteiger partial charge in [0.15, 0.2) is 6.10 Å². The summed E-state index contributed by atoms with van der Waals surface area (Å²) in [6, 6.07) is 31.8. The largest absolute Gasteiger partial charge is 0.423 e. The number of ether oxygens (including phenoxy) is 1. The van der Waals surface area contributed by atoms with E-state index in [9.17, 15) is 14.4 Å². The Hall–Kier alpha value is -4.02. The number of hydrogen-bond acceptors (Lipinski definition) is 6. The second-order valence-corrected chi connectivity index (χ2v) is 10.1. The molecule has 4 aromatic rings. The van der Waals surface area contributed by atoms with Crippen LogP contribution in [0.1, 0.15) is 22.0 Å². The summed E-state index contributed by atoms with van der Waals surface area (Å²) in [6.45, 7) is 0. The maximum absolute atomic E-state index is 13.8. The fraction of sp³-hybridized carbons (Fsp3) is 0.100. The van der Waals surface area contributed by atoms with Crippen molar-refractivity contribution in [2.45, 2.75) is 12.1 Å². The molecule has 2 aliphatic rings. The molecule has 2 heterocycles. The number of halogens is 1. The van der Waals surface area contributed by atoms with Crippen LogP contribution < -0.4 is 14.7 Å². The van der Waals surface area contributed by atoms with Crippen molar-refractivity contribution >= 4 is 51.7 Å². The van der Waals surface area contributed by atoms with Crippen LogP contribution in [-0.4, -0.2) is 23.9 Å². The van der Waals surface area contributed by atoms with Crippen LogP contribution in [0.3, 0.4) is 0 Å². The fourth-order valence-electron chi connectivity index (χ4n) is 4.90. The highest BCUT2D eigenvalue weighted by Crippen LogP contribution is 2.48. The van der Waals surface area contributed by atoms with E-state index < -0.39 is 24.0 Å². The molecule has 2 amide bonds. The summed E-state index contributed by atoms with van der Waals surface area (Å²) in [5.74, 6) is -1.54. The molecule has 38 heavy (non-hydrogen) atoms. The van der Waals surface area contributed by atoms with Crippen LogP contribution in [0.15, 0.2) is 109 Å². The second kappa shape index (κ2) is 10.0. The third kappa shape index (κ3) is 4.25. The molecule has 188 valence electrons. The predicted octanol–water partition coefficient (Wildman–Crippen LogP) is 5.56. The number of nitrogens with zero attached hydrogens (tertiary/aromatic N) is 2. The number of rotatable bonds is 5. The minimum absolute atomic E-state index is 0.313. The number of para-hydroxylation sites is 2. The molecular formula is C30H21IN2O5. The Morgan fingerprint density at radius 1 is 0.763 bits per heavy atom. The Kier molecular flexibility index (Phi) is 6.42. The van der Waals surface area contributed by atoms with Gasteiger partial charge in [-0.25, -0.2) is 14.8 Å². The van der Waals surface area contributed by atoms with Crippen LogP contribution >= 0.6 is 22.6 Å². The number of fused-ring (bicyclic) bond motifs is 1. The van der Waals surface area contributed by atoms with Crippen LogP contribution in [0.2, 0.25) is 0 Å². The number of carbonyl (C=O) groups is 3. The van der Waals surface area contributed by atoms with Crippen molar-refractivity contribution in [2.24, 2.45) is 5.92 Å². The molecule has 0 spiro atoms. The van der Waals surface area contributed by atoms with Crippen LogP contribution in [0, 0.1) is 9.49 Å². The standard InChI is InChI=1S/C30H21IN2O5/c31-23-13-7-8-14-24(23)32-28(34)25-26(33(38-27(25)29(32)35)21-11-5-2-6-12-21)19-15-17-22(18-16-19)37-30(36)20-9-3-1-4-10-20/h1-18,25-27H/t25-,26-,27+/m1/s1. The quantitative estimate of drug-likeness (QED) is 0.127. The Bertz CT molecular complexity index is 1510. The van der Waals surface area contributed by atoms with E-state index in [1.807, 2.05) is 48.5 Å². The number of hydroxylamine groups is 1. The summed E-state index contributed by atoms with van der Waals surface area (Å²) in [5.41, 5.74) is 2.48. The van der Waals surface area contributed by atoms with Crippen molar-refractivity contribution in [3.8, 4) is 5.75 Å². The maximum atomic E-state index is 13.8. The molecule has 0 N–H and O–H groups in total. The molecule has 0 aromatic heterocycles. The lowest BCUT2D eigenvalue weighted by molar-refractivity contribution is -0.126. The van der Waals surface area contributed by atoms with Gasteiger partial charge in [0, 0.05) is 3.57 Å². The van der Waals surface area contributed by atoms with Gasteiger partial charge in [0.25, 0.3) is 5.91 Å². The van der Waals surface area contributed by atoms with Crippen LogP contribution in [0.25, 0.3) is 0 Å². The smallest absolute Gasteiger partial charge is 0.343 e. The highest BCUT2D eigenvalue weighted by atomic mass is 127. The van der Waals surface area contributed by atoms with Crippen molar-refractivity contribution in [2.75, 3.05) is 9.96 Å². The first-order valence-corrected chi connectivity index (χ1v) is 13.1. The third-order valence-electron chi connectivity index (χ3n) is 6.66. The molecule has 6 rings (SSSR count). The Balaban J connectivity index is 1.34. The van der Waals surface area contributed by atoms with Crippen molar-refractivity contribution in [1.29, 1.82) is 0 Å². The number of amides is 2. The number of anilines is 2. The maximum Gasteiger partial charge on any atom is 0.343 e. The number of benzene rings is 4. The molecule has 7 nitrogen and oxygen atoms in total. The van der Waals surface area contributed by atoms with Crippen molar-refractivity contribution in [1.82, 2.24) is 0 Å². The lowest BCUT2D eigenvalue weighted by Crippen LogP contribution is -2.37. The molecular weight excluding hydrogens is 595 g/mol. The fourth-order valence-corrected chi connectivity index (χ4v) is 5.52. The highest BCUT2D eigenvalue weighted by molar-refractivity contribution is 14.1. The monoisotopic (exact) mass is 616 g/mol. The van der Waals surface area contributed by atoms with E-state index in [1.54, 1.807) is 65.7 Å². The third-order valence-corrected chi connectivity index (χ3v) is 7.57. The van der Waals surface area contributed by atoms with E-state index in [2.05, 4.69) is 22.6 Å². The van der Waals surface area contributed by atoms with Gasteiger partial charge in [-0.2, -0.15) is 0 Å². The molecule has 4 aromatic carbocycles. The lowest BCUT2D eigenvalue weighted by Gasteiger charge is -2.29. The van der Waals surface area contributed by atoms with Gasteiger partial charge in [-0.05, 0) is 76.7 Å². The highest BCUT2D eigenvalue weighted by Gasteiger charge is 2.60. The zero-order chi connectivity index (χ0) is 26.2. The van der Waals surface area contributed by atoms with Gasteiger partial charge >= 0.3 is 5.97 Å². The van der Waals surface area contributed by atoms with Gasteiger partial charge in [0.1, 0.15) is 11.7 Å². The van der Waals surface area contributed by atoms with E-state index in [4.69, 9.17) is 9.57 Å². The van der Waals surface area contributed by atoms with Gasteiger partial charge in [0.05, 0.1) is 23.0 Å². The van der Waals surface area contributed by atoms with Gasteiger partial charge < -0.3 is 4.74 Å². The van der Waals surface area contributed by atoms with Gasteiger partial charge in [-0.3, -0.25) is 14.4 Å². The molecule has 3 atom stereocenters. The average molecular weight is 616 g/mol. The van der Waals surface area contributed by atoms with Gasteiger partial charge in [0.2, 0.25) is 5.91 Å². The summed E-state index contributed by atoms with van der Waals surface area (Å²) >= 11 is 2.12. The first-order valence-electron chi connectivity index (χ1n) is 12.0. The summed E-state index contributed by atoms with van der Waals surface area (Å²) in [5, 5.41) is 1.64. The van der Waals surface area contributed by atoms with Crippen LogP contribution in [0.5, 0.6) is 5.75 Å². The zero-order valence-electron chi connectivity index (χ0n) is 19.9. The number of imide groups is 1. The van der Waals surface area contributed by atoms with Crippen LogP contribution in [0.4, 0.5) is 11.4 Å². The molecule has 2 aliphatic heterocycles. The number of esters is 1. The van der Waals surface area contributed by atoms with E-state index in [0.717, 1.165) is 14.8 Å². The second-order valence-electron chi connectivity index (χ2n) is 8.95. The number of carbonyl (C=O) groups excluding carboxylic acids is 3. The van der Waals surface area contributed by atoms with Crippen LogP contribution in [-0.2, 0) is 14.4 Å². The SMILES string of the molecule is O=C(Oc1ccc([C@@H]2[C@H]3C(=O)N(c4ccccc4I)C(=O)[C@H]3ON2c2ccccc2)cc1)c1ccccc1. The number of hydrogen-bond donors (Lipinski definition) is 0. The minimum Gasteiger partial charge on any atom is -0.423 e. The molecule has 2 fully saturated rings.